The summed E-state index contributed by atoms with van der Waals surface area (Å²) < 4.78 is 1.80. The minimum Gasteiger partial charge on any atom is -0.480 e. The van der Waals surface area contributed by atoms with E-state index in [0.717, 1.165) is 12.8 Å². The summed E-state index contributed by atoms with van der Waals surface area (Å²) in [7, 11) is 0. The molecule has 5 nitrogen and oxygen atoms in total. The average molecular weight is 223 g/mol. The van der Waals surface area contributed by atoms with E-state index in [1.165, 1.54) is 19.3 Å². The lowest BCUT2D eigenvalue weighted by molar-refractivity contribution is -0.138. The van der Waals surface area contributed by atoms with Gasteiger partial charge in [-0.05, 0) is 18.9 Å². The van der Waals surface area contributed by atoms with E-state index < -0.39 is 12.0 Å². The standard InChI is InChI=1S/C11H17N3O2/c12-10(11(15)16)9-6-7-13-14(9)8-4-2-1-3-5-8/h6-8,10H,1-5,12H2,(H,15,16). The molecule has 1 saturated carbocycles. The normalized spacial score (nSPS) is 19.6. The zero-order valence-corrected chi connectivity index (χ0v) is 9.17. The van der Waals surface area contributed by atoms with Crippen molar-refractivity contribution in [3.05, 3.63) is 18.0 Å². The SMILES string of the molecule is NC(C(=O)O)c1ccnn1C1CCCCC1. The van der Waals surface area contributed by atoms with Gasteiger partial charge in [-0.25, -0.2) is 0 Å². The maximum Gasteiger partial charge on any atom is 0.326 e. The first-order valence-corrected chi connectivity index (χ1v) is 5.72. The summed E-state index contributed by atoms with van der Waals surface area (Å²) in [5.74, 6) is -1.00. The molecule has 1 fully saturated rings. The van der Waals surface area contributed by atoms with Crippen molar-refractivity contribution in [2.24, 2.45) is 5.73 Å². The van der Waals surface area contributed by atoms with Gasteiger partial charge in [0, 0.05) is 6.20 Å². The first-order valence-electron chi connectivity index (χ1n) is 5.72. The molecule has 16 heavy (non-hydrogen) atoms. The molecule has 1 aliphatic rings. The number of aromatic nitrogens is 2. The number of hydrogen-bond acceptors (Lipinski definition) is 3. The predicted molar refractivity (Wildman–Crippen MR) is 58.9 cm³/mol. The number of nitrogens with two attached hydrogens (primary N) is 1. The molecule has 0 bridgehead atoms. The highest BCUT2D eigenvalue weighted by Crippen LogP contribution is 2.29. The van der Waals surface area contributed by atoms with Crippen molar-refractivity contribution in [3.8, 4) is 0 Å². The number of nitrogens with zero attached hydrogens (tertiary/aromatic N) is 2. The fourth-order valence-electron chi connectivity index (χ4n) is 2.33. The molecule has 1 aromatic heterocycles. The zero-order valence-electron chi connectivity index (χ0n) is 9.17. The third-order valence-corrected chi connectivity index (χ3v) is 3.21. The summed E-state index contributed by atoms with van der Waals surface area (Å²) in [5, 5.41) is 13.1. The molecule has 0 saturated heterocycles. The molecular formula is C11H17N3O2. The van der Waals surface area contributed by atoms with Gasteiger partial charge in [0.05, 0.1) is 11.7 Å². The van der Waals surface area contributed by atoms with Crippen LogP contribution < -0.4 is 5.73 Å². The van der Waals surface area contributed by atoms with Gasteiger partial charge < -0.3 is 10.8 Å². The number of rotatable bonds is 3. The Balaban J connectivity index is 2.20. The van der Waals surface area contributed by atoms with Crippen LogP contribution >= 0.6 is 0 Å². The molecule has 1 aliphatic carbocycles. The molecule has 0 aliphatic heterocycles. The van der Waals surface area contributed by atoms with Crippen LogP contribution in [0.2, 0.25) is 0 Å². The Morgan fingerprint density at radius 2 is 2.19 bits per heavy atom. The predicted octanol–water partition coefficient (Wildman–Crippen LogP) is 1.47. The number of carboxylic acid groups (broad SMARTS) is 1. The van der Waals surface area contributed by atoms with Crippen molar-refractivity contribution in [2.75, 3.05) is 0 Å². The summed E-state index contributed by atoms with van der Waals surface area (Å²) >= 11 is 0. The van der Waals surface area contributed by atoms with Gasteiger partial charge in [-0.15, -0.1) is 0 Å². The van der Waals surface area contributed by atoms with E-state index in [-0.39, 0.29) is 0 Å². The number of hydrogen-bond donors (Lipinski definition) is 2. The van der Waals surface area contributed by atoms with E-state index in [0.29, 0.717) is 11.7 Å². The molecular weight excluding hydrogens is 206 g/mol. The molecule has 3 N–H and O–H groups in total. The summed E-state index contributed by atoms with van der Waals surface area (Å²) in [4.78, 5) is 10.9. The Morgan fingerprint density at radius 1 is 1.50 bits per heavy atom. The minimum atomic E-state index is -1.00. The van der Waals surface area contributed by atoms with Crippen LogP contribution in [0.25, 0.3) is 0 Å². The molecule has 0 spiro atoms. The lowest BCUT2D eigenvalue weighted by Gasteiger charge is -2.24. The average Bonchev–Trinajstić information content (AvgIpc) is 2.77. The monoisotopic (exact) mass is 223 g/mol. The summed E-state index contributed by atoms with van der Waals surface area (Å²) in [6, 6.07) is 1.06. The van der Waals surface area contributed by atoms with Gasteiger partial charge in [0.15, 0.2) is 0 Å². The Kier molecular flexibility index (Phi) is 3.24. The van der Waals surface area contributed by atoms with Gasteiger partial charge >= 0.3 is 5.97 Å². The quantitative estimate of drug-likeness (QED) is 0.813. The highest BCUT2D eigenvalue weighted by atomic mass is 16.4. The largest absolute Gasteiger partial charge is 0.480 e. The maximum absolute atomic E-state index is 10.9. The summed E-state index contributed by atoms with van der Waals surface area (Å²) in [6.45, 7) is 0. The second-order valence-electron chi connectivity index (χ2n) is 4.31. The topological polar surface area (TPSA) is 81.1 Å². The van der Waals surface area contributed by atoms with Crippen LogP contribution in [0.5, 0.6) is 0 Å². The molecule has 0 radical (unpaired) electrons. The van der Waals surface area contributed by atoms with Gasteiger partial charge in [-0.2, -0.15) is 5.10 Å². The molecule has 1 atom stereocenters. The molecule has 1 aromatic rings. The summed E-state index contributed by atoms with van der Waals surface area (Å²) in [5.41, 5.74) is 6.24. The first kappa shape index (κ1) is 11.1. The Hall–Kier alpha value is -1.36. The number of carboxylic acids is 1. The Labute approximate surface area is 94.2 Å². The summed E-state index contributed by atoms with van der Waals surface area (Å²) in [6.07, 6.45) is 7.41. The van der Waals surface area contributed by atoms with Gasteiger partial charge in [-0.1, -0.05) is 19.3 Å². The van der Waals surface area contributed by atoms with E-state index in [9.17, 15) is 4.79 Å². The molecule has 88 valence electrons. The molecule has 5 heteroatoms. The molecule has 2 rings (SSSR count). The van der Waals surface area contributed by atoms with Crippen molar-refractivity contribution < 1.29 is 9.90 Å². The van der Waals surface area contributed by atoms with E-state index in [2.05, 4.69) is 5.10 Å². The van der Waals surface area contributed by atoms with Gasteiger partial charge in [-0.3, -0.25) is 9.48 Å². The Morgan fingerprint density at radius 3 is 2.81 bits per heavy atom. The lowest BCUT2D eigenvalue weighted by Crippen LogP contribution is -2.26. The van der Waals surface area contributed by atoms with E-state index in [1.54, 1.807) is 16.9 Å². The van der Waals surface area contributed by atoms with Crippen LogP contribution in [-0.4, -0.2) is 20.9 Å². The third-order valence-electron chi connectivity index (χ3n) is 3.21. The van der Waals surface area contributed by atoms with Gasteiger partial charge in [0.25, 0.3) is 0 Å². The number of carbonyl (C=O) groups is 1. The van der Waals surface area contributed by atoms with Crippen molar-refractivity contribution >= 4 is 5.97 Å². The van der Waals surface area contributed by atoms with Crippen LogP contribution in [-0.2, 0) is 4.79 Å². The highest BCUT2D eigenvalue weighted by molar-refractivity contribution is 5.74. The molecule has 0 aromatic carbocycles. The zero-order chi connectivity index (χ0) is 11.5. The highest BCUT2D eigenvalue weighted by Gasteiger charge is 2.24. The first-order chi connectivity index (χ1) is 7.70. The van der Waals surface area contributed by atoms with Crippen LogP contribution in [0.15, 0.2) is 12.3 Å². The van der Waals surface area contributed by atoms with Crippen LogP contribution in [0.1, 0.15) is 49.9 Å². The second-order valence-corrected chi connectivity index (χ2v) is 4.31. The van der Waals surface area contributed by atoms with E-state index >= 15 is 0 Å². The van der Waals surface area contributed by atoms with Crippen LogP contribution in [0.3, 0.4) is 0 Å². The van der Waals surface area contributed by atoms with Gasteiger partial charge in [0.2, 0.25) is 0 Å². The van der Waals surface area contributed by atoms with Crippen molar-refractivity contribution in [1.82, 2.24) is 9.78 Å². The fourth-order valence-corrected chi connectivity index (χ4v) is 2.33. The van der Waals surface area contributed by atoms with E-state index in [4.69, 9.17) is 10.8 Å². The van der Waals surface area contributed by atoms with E-state index in [1.807, 2.05) is 0 Å². The Bertz CT molecular complexity index is 369. The lowest BCUT2D eigenvalue weighted by atomic mass is 9.95. The van der Waals surface area contributed by atoms with Crippen LogP contribution in [0.4, 0.5) is 0 Å². The number of aliphatic carboxylic acids is 1. The second kappa shape index (κ2) is 4.65. The van der Waals surface area contributed by atoms with Crippen molar-refractivity contribution in [1.29, 1.82) is 0 Å². The van der Waals surface area contributed by atoms with Gasteiger partial charge in [0.1, 0.15) is 6.04 Å². The van der Waals surface area contributed by atoms with Crippen LogP contribution in [0, 0.1) is 0 Å². The smallest absolute Gasteiger partial charge is 0.326 e. The fraction of sp³-hybridized carbons (Fsp3) is 0.636. The molecule has 0 amide bonds. The van der Waals surface area contributed by atoms with Crippen molar-refractivity contribution in [2.45, 2.75) is 44.2 Å². The third kappa shape index (κ3) is 2.09. The molecule has 1 heterocycles. The minimum absolute atomic E-state index is 0.323. The van der Waals surface area contributed by atoms with Crippen molar-refractivity contribution in [3.63, 3.8) is 0 Å². The molecule has 1 unspecified atom stereocenters. The maximum atomic E-state index is 10.9.